The van der Waals surface area contributed by atoms with E-state index in [-0.39, 0.29) is 18.4 Å². The number of carbonyl (C=O) groups excluding carboxylic acids is 1. The van der Waals surface area contributed by atoms with Gasteiger partial charge in [0.1, 0.15) is 23.4 Å². The van der Waals surface area contributed by atoms with Crippen molar-refractivity contribution < 1.29 is 28.5 Å². The van der Waals surface area contributed by atoms with E-state index in [1.54, 1.807) is 0 Å². The van der Waals surface area contributed by atoms with Gasteiger partial charge >= 0.3 is 0 Å². The molecule has 3 aromatic carbocycles. The first-order chi connectivity index (χ1) is 18.2. The minimum atomic E-state index is -0.483. The number of ether oxygens (including phenoxy) is 5. The third-order valence-corrected chi connectivity index (χ3v) is 7.24. The monoisotopic (exact) mass is 500 g/mol. The molecule has 0 amide bonds. The van der Waals surface area contributed by atoms with Gasteiger partial charge in [-0.25, -0.2) is 0 Å². The Hall–Kier alpha value is -3.35. The number of Topliss-reactive ketones (excluding diaryl/α,β-unsaturated/α-hetero) is 1. The van der Waals surface area contributed by atoms with Crippen LogP contribution in [0.2, 0.25) is 0 Å². The lowest BCUT2D eigenvalue weighted by Crippen LogP contribution is -2.30. The van der Waals surface area contributed by atoms with E-state index in [1.807, 2.05) is 72.8 Å². The highest BCUT2D eigenvalue weighted by Crippen LogP contribution is 2.45. The molecular weight excluding hydrogens is 468 g/mol. The lowest BCUT2D eigenvalue weighted by atomic mass is 9.81. The van der Waals surface area contributed by atoms with Gasteiger partial charge in [0, 0.05) is 18.9 Å². The maximum absolute atomic E-state index is 13.9. The molecule has 0 radical (unpaired) electrons. The number of benzene rings is 3. The summed E-state index contributed by atoms with van der Waals surface area (Å²) in [5, 5.41) is 0. The highest BCUT2D eigenvalue weighted by molar-refractivity contribution is 6.04. The lowest BCUT2D eigenvalue weighted by molar-refractivity contribution is -0.106. The Morgan fingerprint density at radius 3 is 1.97 bits per heavy atom. The van der Waals surface area contributed by atoms with Gasteiger partial charge in [-0.1, -0.05) is 42.5 Å². The van der Waals surface area contributed by atoms with E-state index in [2.05, 4.69) is 0 Å². The number of hydrogen-bond acceptors (Lipinski definition) is 6. The summed E-state index contributed by atoms with van der Waals surface area (Å²) in [6, 6.07) is 23.1. The largest absolute Gasteiger partial charge is 0.484 e. The highest BCUT2D eigenvalue weighted by Gasteiger charge is 2.39. The molecule has 0 N–H and O–H groups in total. The SMILES string of the molecule is O=C1c2ccc(OC3CCCCO3)cc2O[C@@H](c2ccccc2)[C@@H]1c1ccc(OC2CCCCO2)cc1. The van der Waals surface area contributed by atoms with Crippen molar-refractivity contribution in [3.63, 3.8) is 0 Å². The second-order valence-electron chi connectivity index (χ2n) is 9.85. The van der Waals surface area contributed by atoms with Gasteiger partial charge in [0.2, 0.25) is 0 Å². The van der Waals surface area contributed by atoms with Gasteiger partial charge in [-0.3, -0.25) is 4.79 Å². The molecule has 2 unspecified atom stereocenters. The number of ketones is 1. The van der Waals surface area contributed by atoms with E-state index >= 15 is 0 Å². The zero-order chi connectivity index (χ0) is 25.0. The molecule has 3 aliphatic heterocycles. The van der Waals surface area contributed by atoms with Crippen molar-refractivity contribution in [3.8, 4) is 17.2 Å². The summed E-state index contributed by atoms with van der Waals surface area (Å²) in [6.45, 7) is 1.44. The fourth-order valence-corrected chi connectivity index (χ4v) is 5.28. The molecule has 3 aliphatic rings. The summed E-state index contributed by atoms with van der Waals surface area (Å²) >= 11 is 0. The van der Waals surface area contributed by atoms with E-state index in [1.165, 1.54) is 0 Å². The summed E-state index contributed by atoms with van der Waals surface area (Å²) in [5.74, 6) is 1.47. The van der Waals surface area contributed by atoms with Crippen LogP contribution in [0.1, 0.15) is 72.0 Å². The van der Waals surface area contributed by atoms with Crippen LogP contribution >= 0.6 is 0 Å². The van der Waals surface area contributed by atoms with Gasteiger partial charge in [0.15, 0.2) is 18.4 Å². The third-order valence-electron chi connectivity index (χ3n) is 7.24. The van der Waals surface area contributed by atoms with Crippen molar-refractivity contribution in [2.75, 3.05) is 13.2 Å². The predicted molar refractivity (Wildman–Crippen MR) is 138 cm³/mol. The first kappa shape index (κ1) is 24.0. The van der Waals surface area contributed by atoms with Crippen molar-refractivity contribution in [1.82, 2.24) is 0 Å². The first-order valence-electron chi connectivity index (χ1n) is 13.3. The molecule has 2 fully saturated rings. The summed E-state index contributed by atoms with van der Waals surface area (Å²) < 4.78 is 30.0. The smallest absolute Gasteiger partial charge is 0.199 e. The molecular formula is C31H32O6. The lowest BCUT2D eigenvalue weighted by Gasteiger charge is -2.34. The minimum Gasteiger partial charge on any atom is -0.484 e. The molecule has 0 saturated carbocycles. The number of carbonyl (C=O) groups is 1. The van der Waals surface area contributed by atoms with Crippen molar-refractivity contribution in [3.05, 3.63) is 89.5 Å². The minimum absolute atomic E-state index is 0.0276. The van der Waals surface area contributed by atoms with Gasteiger partial charge in [0.05, 0.1) is 24.7 Å². The number of hydrogen-bond donors (Lipinski definition) is 0. The second-order valence-corrected chi connectivity index (χ2v) is 9.85. The van der Waals surface area contributed by atoms with Gasteiger partial charge < -0.3 is 23.7 Å². The van der Waals surface area contributed by atoms with Gasteiger partial charge in [-0.2, -0.15) is 0 Å². The van der Waals surface area contributed by atoms with E-state index in [0.717, 1.165) is 62.0 Å². The Morgan fingerprint density at radius 1 is 0.676 bits per heavy atom. The molecule has 6 heteroatoms. The van der Waals surface area contributed by atoms with Gasteiger partial charge in [-0.05, 0) is 61.1 Å². The standard InChI is InChI=1S/C31H32O6/c32-30-25-17-16-24(36-28-11-5-7-19-34-28)20-26(25)37-31(22-8-2-1-3-9-22)29(30)21-12-14-23(15-13-21)35-27-10-4-6-18-33-27/h1-3,8-9,12-17,20,27-29,31H,4-7,10-11,18-19H2/t27?,28?,29-,31+/m1/s1. The van der Waals surface area contributed by atoms with E-state index in [9.17, 15) is 4.79 Å². The van der Waals surface area contributed by atoms with E-state index in [0.29, 0.717) is 23.7 Å². The maximum atomic E-state index is 13.9. The van der Waals surface area contributed by atoms with Crippen LogP contribution in [0.15, 0.2) is 72.8 Å². The molecule has 0 aromatic heterocycles. The Labute approximate surface area is 217 Å². The molecule has 4 atom stereocenters. The molecule has 0 spiro atoms. The number of rotatable bonds is 6. The Kier molecular flexibility index (Phi) is 7.11. The van der Waals surface area contributed by atoms with E-state index < -0.39 is 12.0 Å². The predicted octanol–water partition coefficient (Wildman–Crippen LogP) is 6.60. The molecule has 6 rings (SSSR count). The molecule has 0 aliphatic carbocycles. The van der Waals surface area contributed by atoms with Crippen molar-refractivity contribution in [2.24, 2.45) is 0 Å². The van der Waals surface area contributed by atoms with Gasteiger partial charge in [0.25, 0.3) is 0 Å². The van der Waals surface area contributed by atoms with Crippen molar-refractivity contribution in [1.29, 1.82) is 0 Å². The second kappa shape index (κ2) is 11.0. The first-order valence-corrected chi connectivity index (χ1v) is 13.3. The molecule has 192 valence electrons. The quantitative estimate of drug-likeness (QED) is 0.380. The zero-order valence-electron chi connectivity index (χ0n) is 20.8. The molecule has 37 heavy (non-hydrogen) atoms. The summed E-state index contributed by atoms with van der Waals surface area (Å²) in [7, 11) is 0. The van der Waals surface area contributed by atoms with Crippen molar-refractivity contribution in [2.45, 2.75) is 63.1 Å². The van der Waals surface area contributed by atoms with Crippen LogP contribution in [-0.2, 0) is 9.47 Å². The van der Waals surface area contributed by atoms with Crippen LogP contribution in [0, 0.1) is 0 Å². The Bertz CT molecular complexity index is 1200. The number of fused-ring (bicyclic) bond motifs is 1. The normalized spacial score (nSPS) is 25.6. The average molecular weight is 501 g/mol. The van der Waals surface area contributed by atoms with Crippen LogP contribution in [0.5, 0.6) is 17.2 Å². The zero-order valence-corrected chi connectivity index (χ0v) is 20.8. The van der Waals surface area contributed by atoms with Crippen LogP contribution < -0.4 is 14.2 Å². The summed E-state index contributed by atoms with van der Waals surface area (Å²) in [5.41, 5.74) is 2.40. The van der Waals surface area contributed by atoms with Crippen LogP contribution in [-0.4, -0.2) is 31.6 Å². The van der Waals surface area contributed by atoms with Crippen LogP contribution in [0.25, 0.3) is 0 Å². The molecule has 0 bridgehead atoms. The van der Waals surface area contributed by atoms with Gasteiger partial charge in [-0.15, -0.1) is 0 Å². The fourth-order valence-electron chi connectivity index (χ4n) is 5.28. The Balaban J connectivity index is 1.28. The summed E-state index contributed by atoms with van der Waals surface area (Å²) in [6.07, 6.45) is 5.14. The molecule has 3 aromatic rings. The molecule has 2 saturated heterocycles. The fraction of sp³-hybridized carbons (Fsp3) is 0.387. The van der Waals surface area contributed by atoms with Crippen molar-refractivity contribution >= 4 is 5.78 Å². The highest BCUT2D eigenvalue weighted by atomic mass is 16.7. The Morgan fingerprint density at radius 2 is 1.32 bits per heavy atom. The van der Waals surface area contributed by atoms with E-state index in [4.69, 9.17) is 23.7 Å². The summed E-state index contributed by atoms with van der Waals surface area (Å²) in [4.78, 5) is 13.9. The van der Waals surface area contributed by atoms with Crippen LogP contribution in [0.3, 0.4) is 0 Å². The topological polar surface area (TPSA) is 63.2 Å². The maximum Gasteiger partial charge on any atom is 0.199 e. The molecule has 6 nitrogen and oxygen atoms in total. The molecule has 3 heterocycles. The van der Waals surface area contributed by atoms with Crippen LogP contribution in [0.4, 0.5) is 0 Å². The average Bonchev–Trinajstić information content (AvgIpc) is 2.95. The third kappa shape index (κ3) is 5.36.